The zero-order valence-corrected chi connectivity index (χ0v) is 15.7. The lowest BCUT2D eigenvalue weighted by Crippen LogP contribution is -2.05. The fourth-order valence-corrected chi connectivity index (χ4v) is 4.53. The van der Waals surface area contributed by atoms with Crippen molar-refractivity contribution in [1.82, 2.24) is 4.98 Å². The van der Waals surface area contributed by atoms with Crippen molar-refractivity contribution in [3.05, 3.63) is 63.8 Å². The molecule has 2 aromatic heterocycles. The molecule has 0 saturated heterocycles. The van der Waals surface area contributed by atoms with Crippen LogP contribution >= 0.6 is 11.3 Å². The predicted molar refractivity (Wildman–Crippen MR) is 109 cm³/mol. The zero-order chi connectivity index (χ0) is 19.2. The number of hydrogen-bond acceptors (Lipinski definition) is 5. The third-order valence-electron chi connectivity index (χ3n) is 4.48. The van der Waals surface area contributed by atoms with E-state index in [9.17, 15) is 14.1 Å². The average molecular weight is 400 g/mol. The van der Waals surface area contributed by atoms with E-state index in [2.05, 4.69) is 4.98 Å². The number of rotatable bonds is 4. The Kier molecular flexibility index (Phi) is 4.26. The lowest BCUT2D eigenvalue weighted by molar-refractivity contribution is 0.478. The van der Waals surface area contributed by atoms with E-state index in [0.717, 1.165) is 21.9 Å². The molecule has 0 saturated carbocycles. The number of hydrogen-bond donors (Lipinski definition) is 4. The summed E-state index contributed by atoms with van der Waals surface area (Å²) >= 11 is 1.36. The Hall–Kier alpha value is -2.68. The van der Waals surface area contributed by atoms with Gasteiger partial charge in [-0.1, -0.05) is 24.3 Å². The normalized spacial score (nSPS) is 13.8. The molecule has 4 N–H and O–H groups in total. The third-order valence-corrected chi connectivity index (χ3v) is 6.15. The van der Waals surface area contributed by atoms with Crippen LogP contribution in [0.25, 0.3) is 32.1 Å². The molecule has 0 fully saturated rings. The van der Waals surface area contributed by atoms with Gasteiger partial charge in [-0.05, 0) is 41.1 Å². The van der Waals surface area contributed by atoms with E-state index in [0.29, 0.717) is 22.2 Å². The summed E-state index contributed by atoms with van der Waals surface area (Å²) in [7, 11) is -3.51. The summed E-state index contributed by atoms with van der Waals surface area (Å²) in [5.41, 5.74) is 2.74. The van der Waals surface area contributed by atoms with Crippen LogP contribution in [-0.2, 0) is 16.4 Å². The Morgan fingerprint density at radius 3 is 2.56 bits per heavy atom. The summed E-state index contributed by atoms with van der Waals surface area (Å²) in [5, 5.41) is 13.9. The Labute approximate surface area is 158 Å². The van der Waals surface area contributed by atoms with Crippen LogP contribution in [0.5, 0.6) is 5.75 Å². The quantitative estimate of drug-likeness (QED) is 0.411. The molecule has 2 aromatic carbocycles. The number of H-pyrrole nitrogens is 1. The number of fused-ring (bicyclic) bond motifs is 3. The average Bonchev–Trinajstić information content (AvgIpc) is 3.11. The van der Waals surface area contributed by atoms with Gasteiger partial charge in [-0.25, -0.2) is 8.99 Å². The molecule has 0 aliphatic rings. The van der Waals surface area contributed by atoms with Crippen molar-refractivity contribution in [2.45, 2.75) is 6.42 Å². The van der Waals surface area contributed by atoms with Crippen LogP contribution in [0.15, 0.2) is 52.6 Å². The van der Waals surface area contributed by atoms with Gasteiger partial charge in [0.1, 0.15) is 10.4 Å². The molecule has 6 nitrogen and oxygen atoms in total. The molecule has 138 valence electrons. The van der Waals surface area contributed by atoms with Gasteiger partial charge in [-0.15, -0.1) is 11.3 Å². The number of aromatic nitrogens is 1. The first-order valence-corrected chi connectivity index (χ1v) is 10.7. The number of aromatic hydroxyl groups is 1. The molecule has 0 aliphatic carbocycles. The minimum atomic E-state index is -3.51. The van der Waals surface area contributed by atoms with Gasteiger partial charge in [-0.2, -0.15) is 0 Å². The number of benzene rings is 2. The van der Waals surface area contributed by atoms with Gasteiger partial charge in [0.15, 0.2) is 10.0 Å². The minimum absolute atomic E-state index is 0.110. The Morgan fingerprint density at radius 2 is 1.85 bits per heavy atom. The summed E-state index contributed by atoms with van der Waals surface area (Å²) in [6.07, 6.45) is 0.322. The number of aryl methyl sites for hydroxylation is 1. The first-order chi connectivity index (χ1) is 12.8. The van der Waals surface area contributed by atoms with Crippen molar-refractivity contribution in [2.75, 3.05) is 5.75 Å². The summed E-state index contributed by atoms with van der Waals surface area (Å²) < 4.78 is 27.9. The van der Waals surface area contributed by atoms with E-state index in [1.807, 2.05) is 35.7 Å². The predicted octanol–water partition coefficient (Wildman–Crippen LogP) is 4.18. The minimum Gasteiger partial charge on any atom is -0.507 e. The number of nitrogens with one attached hydrogen (secondary N) is 2. The second-order valence-corrected chi connectivity index (χ2v) is 8.90. The molecule has 0 amide bonds. The van der Waals surface area contributed by atoms with Gasteiger partial charge in [0.25, 0.3) is 5.56 Å². The summed E-state index contributed by atoms with van der Waals surface area (Å²) in [6.45, 7) is 0. The van der Waals surface area contributed by atoms with Crippen LogP contribution in [-0.4, -0.2) is 24.6 Å². The zero-order valence-electron chi connectivity index (χ0n) is 14.1. The van der Waals surface area contributed by atoms with Crippen LogP contribution in [0.2, 0.25) is 0 Å². The maximum atomic E-state index is 12.2. The van der Waals surface area contributed by atoms with Crippen LogP contribution in [0.4, 0.5) is 0 Å². The molecule has 8 heteroatoms. The molecule has 1 atom stereocenters. The molecule has 0 spiro atoms. The molecule has 1 unspecified atom stereocenters. The number of aromatic amines is 1. The van der Waals surface area contributed by atoms with Gasteiger partial charge in [0.2, 0.25) is 0 Å². The molecule has 4 rings (SSSR count). The standard InChI is InChI=1S/C19H16N2O4S2/c20-27(24,25)10-8-11-1-3-12(4-2-11)16-15(22)6-5-14-17(16)13-7-9-26-18(13)19(23)21-14/h1-7,9,22H,8,10H2,(H,21,23)(H2,20,24,25). The van der Waals surface area contributed by atoms with Crippen molar-refractivity contribution in [3.63, 3.8) is 0 Å². The summed E-state index contributed by atoms with van der Waals surface area (Å²) in [5.74, 6) is -0.0119. The van der Waals surface area contributed by atoms with E-state index in [1.54, 1.807) is 12.1 Å². The highest BCUT2D eigenvalue weighted by molar-refractivity contribution is 7.86. The van der Waals surface area contributed by atoms with Gasteiger partial charge in [0, 0.05) is 21.9 Å². The number of phenolic OH excluding ortho intramolecular Hbond substituents is 1. The van der Waals surface area contributed by atoms with Crippen molar-refractivity contribution < 1.29 is 13.9 Å². The first-order valence-electron chi connectivity index (χ1n) is 8.17. The SMILES string of the molecule is N=S(=O)(O)CCc1ccc(-c2c(O)ccc3[nH]c(=O)c4sccc4c23)cc1. The maximum absolute atomic E-state index is 12.2. The molecular formula is C19H16N2O4S2. The van der Waals surface area contributed by atoms with E-state index in [-0.39, 0.29) is 17.1 Å². The van der Waals surface area contributed by atoms with Crippen LogP contribution < -0.4 is 5.56 Å². The molecule has 0 radical (unpaired) electrons. The Bertz CT molecular complexity index is 1320. The fourth-order valence-electron chi connectivity index (χ4n) is 3.22. The highest BCUT2D eigenvalue weighted by atomic mass is 32.2. The molecule has 2 heterocycles. The second-order valence-electron chi connectivity index (χ2n) is 6.29. The summed E-state index contributed by atoms with van der Waals surface area (Å²) in [4.78, 5) is 15.1. The van der Waals surface area contributed by atoms with Gasteiger partial charge in [0.05, 0.1) is 5.75 Å². The number of pyridine rings is 1. The highest BCUT2D eigenvalue weighted by Crippen LogP contribution is 2.39. The largest absolute Gasteiger partial charge is 0.507 e. The monoisotopic (exact) mass is 400 g/mol. The van der Waals surface area contributed by atoms with Crippen molar-refractivity contribution >= 4 is 42.3 Å². The highest BCUT2D eigenvalue weighted by Gasteiger charge is 2.15. The Morgan fingerprint density at radius 1 is 1.11 bits per heavy atom. The molecular weight excluding hydrogens is 384 g/mol. The molecule has 0 aliphatic heterocycles. The van der Waals surface area contributed by atoms with Gasteiger partial charge in [-0.3, -0.25) is 4.79 Å². The van der Waals surface area contributed by atoms with Crippen molar-refractivity contribution in [2.24, 2.45) is 0 Å². The maximum Gasteiger partial charge on any atom is 0.266 e. The molecule has 27 heavy (non-hydrogen) atoms. The smallest absolute Gasteiger partial charge is 0.266 e. The fraction of sp³-hybridized carbons (Fsp3) is 0.105. The lowest BCUT2D eigenvalue weighted by Gasteiger charge is -2.11. The molecule has 4 aromatic rings. The molecule has 0 bridgehead atoms. The van der Waals surface area contributed by atoms with E-state index >= 15 is 0 Å². The van der Waals surface area contributed by atoms with Crippen molar-refractivity contribution in [1.29, 1.82) is 4.78 Å². The number of thiophene rings is 1. The van der Waals surface area contributed by atoms with E-state index in [4.69, 9.17) is 9.33 Å². The lowest BCUT2D eigenvalue weighted by atomic mass is 9.96. The summed E-state index contributed by atoms with van der Waals surface area (Å²) in [6, 6.07) is 12.4. The van der Waals surface area contributed by atoms with Gasteiger partial charge >= 0.3 is 0 Å². The van der Waals surface area contributed by atoms with Crippen molar-refractivity contribution in [3.8, 4) is 16.9 Å². The van der Waals surface area contributed by atoms with E-state index in [1.165, 1.54) is 11.3 Å². The van der Waals surface area contributed by atoms with Crippen LogP contribution in [0.1, 0.15) is 5.56 Å². The Balaban J connectivity index is 1.87. The van der Waals surface area contributed by atoms with E-state index < -0.39 is 10.0 Å². The first kappa shape index (κ1) is 17.7. The van der Waals surface area contributed by atoms with Crippen LogP contribution in [0.3, 0.4) is 0 Å². The topological polar surface area (TPSA) is 114 Å². The second kappa shape index (κ2) is 6.49. The van der Waals surface area contributed by atoms with Gasteiger partial charge < -0.3 is 14.6 Å². The third kappa shape index (κ3) is 3.34. The number of phenols is 1. The van der Waals surface area contributed by atoms with Crippen LogP contribution in [0, 0.1) is 4.78 Å².